The van der Waals surface area contributed by atoms with E-state index in [1.807, 2.05) is 0 Å². The third-order valence-electron chi connectivity index (χ3n) is 10.6. The first kappa shape index (κ1) is 59.2. The van der Waals surface area contributed by atoms with Crippen LogP contribution in [0.4, 0.5) is 29.2 Å². The van der Waals surface area contributed by atoms with E-state index < -0.39 is 99.5 Å². The molecule has 1 aromatic carbocycles. The highest BCUT2D eigenvalue weighted by Crippen LogP contribution is 2.47. The number of hydrogen-bond acceptors (Lipinski definition) is 18. The lowest BCUT2D eigenvalue weighted by Crippen LogP contribution is -2.51. The van der Waals surface area contributed by atoms with Gasteiger partial charge in [-0.25, -0.2) is 19.2 Å². The van der Waals surface area contributed by atoms with Gasteiger partial charge in [0.2, 0.25) is 35.4 Å². The topological polar surface area (TPSA) is 237 Å². The van der Waals surface area contributed by atoms with Gasteiger partial charge in [-0.15, -0.1) is 0 Å². The Morgan fingerprint density at radius 1 is 0.573 bits per heavy atom. The van der Waals surface area contributed by atoms with Gasteiger partial charge < -0.3 is 38.4 Å². The molecule has 2 aliphatic rings. The van der Waals surface area contributed by atoms with Crippen LogP contribution in [0.1, 0.15) is 172 Å². The summed E-state index contributed by atoms with van der Waals surface area (Å²) in [6, 6.07) is 6.50. The van der Waals surface area contributed by atoms with Gasteiger partial charge in [-0.2, -0.15) is 0 Å². The maximum atomic E-state index is 15.1. The average molecular weight is 1080 g/mol. The van der Waals surface area contributed by atoms with Crippen LogP contribution in [0.15, 0.2) is 38.0 Å². The van der Waals surface area contributed by atoms with Gasteiger partial charge in [0, 0.05) is 27.7 Å². The number of anilines is 5. The Hall–Kier alpha value is -6.68. The second-order valence-corrected chi connectivity index (χ2v) is 25.5. The number of esters is 4. The highest BCUT2D eigenvalue weighted by atomic mass is 32.2. The molecule has 22 heteroatoms. The van der Waals surface area contributed by atoms with Gasteiger partial charge in [0.1, 0.15) is 50.9 Å². The van der Waals surface area contributed by atoms with Crippen molar-refractivity contribution >= 4 is 111 Å². The number of benzene rings is 1. The molecule has 1 fully saturated rings. The number of nitrogens with one attached hydrogen (secondary N) is 2. The fraction of sp³-hybridized carbons (Fsp3) is 0.528. The minimum atomic E-state index is -1.20. The Morgan fingerprint density at radius 2 is 0.960 bits per heavy atom. The van der Waals surface area contributed by atoms with E-state index in [1.54, 1.807) is 149 Å². The number of carbonyl (C=O) groups excluding carboxylic acids is 8. The van der Waals surface area contributed by atoms with Crippen LogP contribution in [-0.2, 0) is 38.1 Å². The predicted molar refractivity (Wildman–Crippen MR) is 289 cm³/mol. The number of thiocarbonyl (C=S) groups is 1. The van der Waals surface area contributed by atoms with Gasteiger partial charge in [-0.3, -0.25) is 38.8 Å². The predicted octanol–water partition coefficient (Wildman–Crippen LogP) is 9.36. The molecule has 1 saturated heterocycles. The van der Waals surface area contributed by atoms with E-state index in [-0.39, 0.29) is 66.3 Å². The number of para-hydroxylation sites is 1. The molecule has 2 aromatic heterocycles. The number of methoxy groups -OCH3 is 2. The lowest BCUT2D eigenvalue weighted by atomic mass is 10.0. The summed E-state index contributed by atoms with van der Waals surface area (Å²) in [4.78, 5) is 119. The van der Waals surface area contributed by atoms with Crippen molar-refractivity contribution in [3.63, 3.8) is 0 Å². The maximum Gasteiger partial charge on any atom is 0.345 e. The van der Waals surface area contributed by atoms with Gasteiger partial charge in [-0.1, -0.05) is 42.2 Å². The molecule has 5 rings (SSSR count). The number of ether oxygens (including phenoxy) is 4. The normalized spacial score (nSPS) is 15.4. The largest absolute Gasteiger partial charge is 0.465 e. The summed E-state index contributed by atoms with van der Waals surface area (Å²) in [7, 11) is 2.22. The van der Waals surface area contributed by atoms with Crippen LogP contribution in [0.5, 0.6) is 0 Å². The summed E-state index contributed by atoms with van der Waals surface area (Å²) in [6.45, 7) is 29.3. The zero-order valence-corrected chi connectivity index (χ0v) is 48.2. The maximum absolute atomic E-state index is 15.1. The molecule has 408 valence electrons. The van der Waals surface area contributed by atoms with Crippen molar-refractivity contribution in [2.24, 2.45) is 0 Å². The third kappa shape index (κ3) is 13.1. The first-order valence-electron chi connectivity index (χ1n) is 24.0. The van der Waals surface area contributed by atoms with Crippen LogP contribution in [-0.4, -0.2) is 117 Å². The Balaban J connectivity index is 1.60. The standard InChI is InChI=1S/C53H70N6O14S2/c1-48(2,3)54-37-32(43(64)68-19)34(44(65)69-20)41(70-37)59(51(10,11)12)30(61)26-57-40(63)36(75-47(57)74)31-27-23-21-22-24-28(27)56(39(31)62)25-29(60)58(50(7,8)9)42-35(46(67)73-53(16,17)18)33(45(66)72-52(13,14)15)38(71-42)55-49(4,5)6/h21-24,54-55H,25-26H2,1-20H3/b36-31-. The fourth-order valence-electron chi connectivity index (χ4n) is 7.98. The number of carbonyl (C=O) groups is 8. The molecule has 4 amide bonds. The van der Waals surface area contributed by atoms with Gasteiger partial charge in [-0.05, 0) is 131 Å². The van der Waals surface area contributed by atoms with E-state index in [2.05, 4.69) is 10.6 Å². The Labute approximate surface area is 447 Å². The number of amides is 4. The molecule has 20 nitrogen and oxygen atoms in total. The fourth-order valence-corrected chi connectivity index (χ4v) is 9.31. The molecule has 0 radical (unpaired) electrons. The Kier molecular flexibility index (Phi) is 16.4. The average Bonchev–Trinajstić information content (AvgIpc) is 3.92. The smallest absolute Gasteiger partial charge is 0.345 e. The van der Waals surface area contributed by atoms with Crippen molar-refractivity contribution < 1.29 is 66.1 Å². The number of rotatable bonds is 12. The van der Waals surface area contributed by atoms with Crippen LogP contribution in [0.25, 0.3) is 5.57 Å². The monoisotopic (exact) mass is 1080 g/mol. The van der Waals surface area contributed by atoms with Gasteiger partial charge in [0.15, 0.2) is 0 Å². The molecule has 2 aliphatic heterocycles. The second-order valence-electron chi connectivity index (χ2n) is 23.9. The first-order chi connectivity index (χ1) is 34.1. The Bertz CT molecular complexity index is 2890. The van der Waals surface area contributed by atoms with Gasteiger partial charge in [0.05, 0.1) is 30.4 Å². The number of fused-ring (bicyclic) bond motifs is 1. The summed E-state index contributed by atoms with van der Waals surface area (Å²) in [5, 5.41) is 6.19. The van der Waals surface area contributed by atoms with E-state index in [1.165, 1.54) is 9.80 Å². The van der Waals surface area contributed by atoms with E-state index in [0.717, 1.165) is 35.8 Å². The number of furan rings is 2. The lowest BCUT2D eigenvalue weighted by Gasteiger charge is -2.35. The van der Waals surface area contributed by atoms with E-state index in [4.69, 9.17) is 40.0 Å². The SMILES string of the molecule is COC(=O)c1c(NC(C)(C)C)oc(N(C(=O)CN2C(=O)/C(=C3/C(=O)N(CC(=O)N(c4oc(NC(C)(C)C)c(C(=O)OC(C)(C)C)c4C(=O)OC(C)(C)C)C(C)(C)C)c4ccccc43)SC2=S)C(C)(C)C)c1C(=O)OC. The highest BCUT2D eigenvalue weighted by molar-refractivity contribution is 8.26. The molecule has 2 N–H and O–H groups in total. The minimum absolute atomic E-state index is 0.0886. The summed E-state index contributed by atoms with van der Waals surface area (Å²) >= 11 is 6.49. The molecule has 0 spiro atoms. The summed E-state index contributed by atoms with van der Waals surface area (Å²) in [5.74, 6) is -8.04. The molecule has 75 heavy (non-hydrogen) atoms. The number of hydrogen-bond donors (Lipinski definition) is 2. The molecule has 0 unspecified atom stereocenters. The van der Waals surface area contributed by atoms with Gasteiger partial charge in [0.25, 0.3) is 11.8 Å². The molecular weight excluding hydrogens is 1010 g/mol. The second kappa shape index (κ2) is 20.8. The van der Waals surface area contributed by atoms with Crippen LogP contribution in [0.2, 0.25) is 0 Å². The highest BCUT2D eigenvalue weighted by Gasteiger charge is 2.48. The molecule has 0 atom stereocenters. The van der Waals surface area contributed by atoms with E-state index in [0.29, 0.717) is 0 Å². The molecule has 0 saturated carbocycles. The van der Waals surface area contributed by atoms with Crippen molar-refractivity contribution in [2.45, 2.75) is 158 Å². The molecule has 4 heterocycles. The lowest BCUT2D eigenvalue weighted by molar-refractivity contribution is -0.128. The third-order valence-corrected chi connectivity index (χ3v) is 12.0. The van der Waals surface area contributed by atoms with E-state index >= 15 is 4.79 Å². The summed E-state index contributed by atoms with van der Waals surface area (Å²) in [5.41, 5.74) is -6.89. The van der Waals surface area contributed by atoms with Crippen LogP contribution in [0.3, 0.4) is 0 Å². The van der Waals surface area contributed by atoms with E-state index in [9.17, 15) is 33.6 Å². The van der Waals surface area contributed by atoms with Crippen LogP contribution in [0, 0.1) is 0 Å². The number of nitrogens with zero attached hydrogens (tertiary/aromatic N) is 4. The van der Waals surface area contributed by atoms with Crippen molar-refractivity contribution in [2.75, 3.05) is 52.6 Å². The van der Waals surface area contributed by atoms with Crippen molar-refractivity contribution in [3.05, 3.63) is 57.0 Å². The summed E-state index contributed by atoms with van der Waals surface area (Å²) < 4.78 is 34.2. The van der Waals surface area contributed by atoms with Crippen molar-refractivity contribution in [3.8, 4) is 0 Å². The zero-order chi connectivity index (χ0) is 57.0. The van der Waals surface area contributed by atoms with Gasteiger partial charge >= 0.3 is 23.9 Å². The van der Waals surface area contributed by atoms with Crippen molar-refractivity contribution in [1.82, 2.24) is 4.90 Å². The quantitative estimate of drug-likeness (QED) is 0.0743. The Morgan fingerprint density at radius 3 is 1.37 bits per heavy atom. The first-order valence-corrected chi connectivity index (χ1v) is 25.2. The van der Waals surface area contributed by atoms with Crippen molar-refractivity contribution in [1.29, 1.82) is 0 Å². The van der Waals surface area contributed by atoms with Crippen LogP contribution < -0.4 is 25.3 Å². The summed E-state index contributed by atoms with van der Waals surface area (Å²) in [6.07, 6.45) is 0. The minimum Gasteiger partial charge on any atom is -0.465 e. The zero-order valence-electron chi connectivity index (χ0n) is 46.5. The molecular formula is C53H70N6O14S2. The molecule has 3 aromatic rings. The molecule has 0 aliphatic carbocycles. The molecule has 0 bridgehead atoms. The number of thioether (sulfide) groups is 1. The van der Waals surface area contributed by atoms with Crippen LogP contribution >= 0.6 is 24.0 Å².